The zero-order valence-electron chi connectivity index (χ0n) is 16.7. The van der Waals surface area contributed by atoms with Crippen molar-refractivity contribution in [2.75, 3.05) is 51.6 Å². The molecule has 2 amide bonds. The second-order valence-corrected chi connectivity index (χ2v) is 8.64. The first-order valence-electron chi connectivity index (χ1n) is 9.81. The van der Waals surface area contributed by atoms with Crippen molar-refractivity contribution in [3.05, 3.63) is 52.2 Å². The van der Waals surface area contributed by atoms with Crippen LogP contribution in [0.4, 0.5) is 5.69 Å². The van der Waals surface area contributed by atoms with Gasteiger partial charge in [0, 0.05) is 5.69 Å². The molecule has 3 N–H and O–H groups in total. The van der Waals surface area contributed by atoms with Gasteiger partial charge < -0.3 is 20.0 Å². The lowest BCUT2D eigenvalue weighted by molar-refractivity contribution is -0.917. The van der Waals surface area contributed by atoms with Crippen molar-refractivity contribution in [3.63, 3.8) is 0 Å². The number of carbonyl (C=O) groups is 2. The second-order valence-electron chi connectivity index (χ2n) is 7.61. The van der Waals surface area contributed by atoms with Gasteiger partial charge in [-0.3, -0.25) is 9.59 Å². The maximum Gasteiger partial charge on any atom is 0.279 e. The van der Waals surface area contributed by atoms with Gasteiger partial charge in [0.25, 0.3) is 11.8 Å². The van der Waals surface area contributed by atoms with E-state index in [1.165, 1.54) is 9.78 Å². The molecule has 0 saturated carbocycles. The molecule has 1 saturated heterocycles. The number of nitrogens with zero attached hydrogens (tertiary/aromatic N) is 1. The number of benzene rings is 1. The van der Waals surface area contributed by atoms with E-state index in [0.29, 0.717) is 6.54 Å². The Labute approximate surface area is 170 Å². The van der Waals surface area contributed by atoms with Crippen LogP contribution in [-0.4, -0.2) is 63.0 Å². The first kappa shape index (κ1) is 20.5. The van der Waals surface area contributed by atoms with Crippen LogP contribution in [0.1, 0.15) is 10.4 Å². The molecule has 0 spiro atoms. The van der Waals surface area contributed by atoms with Gasteiger partial charge in [-0.25, -0.2) is 0 Å². The molecule has 1 unspecified atom stereocenters. The minimum atomic E-state index is -0.0700. The molecule has 1 aromatic heterocycles. The second kappa shape index (κ2) is 9.82. The average molecular weight is 403 g/mol. The van der Waals surface area contributed by atoms with E-state index in [2.05, 4.69) is 22.8 Å². The molecule has 1 aliphatic heterocycles. The van der Waals surface area contributed by atoms with Crippen molar-refractivity contribution >= 4 is 28.8 Å². The van der Waals surface area contributed by atoms with E-state index in [4.69, 9.17) is 0 Å². The van der Waals surface area contributed by atoms with Crippen molar-refractivity contribution in [2.45, 2.75) is 13.5 Å². The third kappa shape index (κ3) is 6.15. The Bertz CT molecular complexity index is 768. The van der Waals surface area contributed by atoms with Crippen molar-refractivity contribution in [2.24, 2.45) is 0 Å². The summed E-state index contributed by atoms with van der Waals surface area (Å²) < 4.78 is 0. The fourth-order valence-electron chi connectivity index (χ4n) is 3.46. The number of aryl methyl sites for hydroxylation is 1. The largest absolute Gasteiger partial charge is 0.328 e. The summed E-state index contributed by atoms with van der Waals surface area (Å²) in [5, 5.41) is 5.01. The minimum Gasteiger partial charge on any atom is -0.328 e. The SMILES string of the molecule is Cc1ccc(NC(=O)C[NH+](C)CC(=O)N2CC[NH+](Cc3cccs3)CC2)cc1. The number of nitrogens with one attached hydrogen (secondary N) is 3. The molecule has 2 aromatic rings. The summed E-state index contributed by atoms with van der Waals surface area (Å²) in [6.45, 7) is 7.24. The van der Waals surface area contributed by atoms with Gasteiger partial charge in [0.1, 0.15) is 6.54 Å². The molecule has 0 bridgehead atoms. The lowest BCUT2D eigenvalue weighted by atomic mass is 10.2. The molecule has 28 heavy (non-hydrogen) atoms. The molecule has 1 aliphatic rings. The number of hydrogen-bond acceptors (Lipinski definition) is 3. The number of thiophene rings is 1. The van der Waals surface area contributed by atoms with Crippen LogP contribution in [0, 0.1) is 6.92 Å². The molecular formula is C21H30N4O2S+2. The highest BCUT2D eigenvalue weighted by Gasteiger charge is 2.26. The first-order valence-corrected chi connectivity index (χ1v) is 10.7. The molecule has 0 radical (unpaired) electrons. The number of likely N-dealkylation sites (N-methyl/N-ethyl adjacent to an activating group) is 1. The van der Waals surface area contributed by atoms with Crippen molar-refractivity contribution < 1.29 is 19.4 Å². The third-order valence-electron chi connectivity index (χ3n) is 5.08. The standard InChI is InChI=1S/C21H28N4O2S/c1-17-5-7-18(8-6-17)22-20(26)15-23(2)16-21(27)25-11-9-24(10-12-25)14-19-4-3-13-28-19/h3-8,13H,9-12,14-16H2,1-2H3,(H,22,26)/p+2. The maximum atomic E-state index is 12.6. The quantitative estimate of drug-likeness (QED) is 0.581. The lowest BCUT2D eigenvalue weighted by Crippen LogP contribution is -3.14. The van der Waals surface area contributed by atoms with Crippen LogP contribution in [0.25, 0.3) is 0 Å². The molecule has 1 atom stereocenters. The minimum absolute atomic E-state index is 0.0700. The summed E-state index contributed by atoms with van der Waals surface area (Å²) in [5.74, 6) is 0.0650. The summed E-state index contributed by atoms with van der Waals surface area (Å²) >= 11 is 1.80. The number of hydrogen-bond donors (Lipinski definition) is 3. The van der Waals surface area contributed by atoms with Crippen LogP contribution in [0.5, 0.6) is 0 Å². The predicted molar refractivity (Wildman–Crippen MR) is 112 cm³/mol. The maximum absolute atomic E-state index is 12.6. The monoisotopic (exact) mass is 402 g/mol. The van der Waals surface area contributed by atoms with Gasteiger partial charge in [0.05, 0.1) is 38.1 Å². The molecule has 1 aromatic carbocycles. The van der Waals surface area contributed by atoms with Crippen molar-refractivity contribution in [3.8, 4) is 0 Å². The molecule has 7 heteroatoms. The average Bonchev–Trinajstić information content (AvgIpc) is 3.17. The summed E-state index contributed by atoms with van der Waals surface area (Å²) in [6.07, 6.45) is 0. The topological polar surface area (TPSA) is 58.3 Å². The Morgan fingerprint density at radius 1 is 1.14 bits per heavy atom. The van der Waals surface area contributed by atoms with E-state index in [0.717, 1.165) is 48.9 Å². The van der Waals surface area contributed by atoms with E-state index >= 15 is 0 Å². The van der Waals surface area contributed by atoms with Gasteiger partial charge in [-0.15, -0.1) is 11.3 Å². The molecule has 150 valence electrons. The number of carbonyl (C=O) groups excluding carboxylic acids is 2. The predicted octanol–water partition coefficient (Wildman–Crippen LogP) is -0.563. The van der Waals surface area contributed by atoms with Crippen LogP contribution in [-0.2, 0) is 16.1 Å². The molecule has 1 fully saturated rings. The third-order valence-corrected chi connectivity index (χ3v) is 5.95. The Hall–Kier alpha value is -2.22. The highest BCUT2D eigenvalue weighted by molar-refractivity contribution is 7.09. The van der Waals surface area contributed by atoms with Gasteiger partial charge in [0.15, 0.2) is 13.1 Å². The van der Waals surface area contributed by atoms with Gasteiger partial charge in [-0.2, -0.15) is 0 Å². The number of anilines is 1. The van der Waals surface area contributed by atoms with Crippen LogP contribution in [0.3, 0.4) is 0 Å². The van der Waals surface area contributed by atoms with E-state index in [-0.39, 0.29) is 18.4 Å². The number of amides is 2. The van der Waals surface area contributed by atoms with Crippen LogP contribution in [0.15, 0.2) is 41.8 Å². The zero-order chi connectivity index (χ0) is 19.9. The Kier molecular flexibility index (Phi) is 7.19. The Morgan fingerprint density at radius 3 is 2.50 bits per heavy atom. The van der Waals surface area contributed by atoms with Gasteiger partial charge in [-0.1, -0.05) is 23.8 Å². The number of quaternary nitrogens is 2. The fraction of sp³-hybridized carbons (Fsp3) is 0.429. The van der Waals surface area contributed by atoms with Crippen LogP contribution >= 0.6 is 11.3 Å². The van der Waals surface area contributed by atoms with Crippen molar-refractivity contribution in [1.29, 1.82) is 0 Å². The van der Waals surface area contributed by atoms with E-state index in [1.807, 2.05) is 43.1 Å². The van der Waals surface area contributed by atoms with Gasteiger partial charge in [0.2, 0.25) is 0 Å². The highest BCUT2D eigenvalue weighted by atomic mass is 32.1. The van der Waals surface area contributed by atoms with Gasteiger partial charge >= 0.3 is 0 Å². The molecule has 3 rings (SSSR count). The Morgan fingerprint density at radius 2 is 1.86 bits per heavy atom. The number of rotatable bonds is 7. The first-order chi connectivity index (χ1) is 13.5. The molecular weight excluding hydrogens is 372 g/mol. The summed E-state index contributed by atoms with van der Waals surface area (Å²) in [7, 11) is 1.89. The Balaban J connectivity index is 1.38. The fourth-order valence-corrected chi connectivity index (χ4v) is 4.23. The highest BCUT2D eigenvalue weighted by Crippen LogP contribution is 2.08. The summed E-state index contributed by atoms with van der Waals surface area (Å²) in [5.41, 5.74) is 1.95. The van der Waals surface area contributed by atoms with E-state index in [1.54, 1.807) is 11.3 Å². The molecule has 0 aliphatic carbocycles. The number of piperazine rings is 1. The van der Waals surface area contributed by atoms with E-state index < -0.39 is 0 Å². The summed E-state index contributed by atoms with van der Waals surface area (Å²) in [4.78, 5) is 30.6. The van der Waals surface area contributed by atoms with Crippen LogP contribution < -0.4 is 15.1 Å². The molecule has 6 nitrogen and oxygen atoms in total. The molecule has 2 heterocycles. The lowest BCUT2D eigenvalue weighted by Gasteiger charge is -2.32. The zero-order valence-corrected chi connectivity index (χ0v) is 17.5. The van der Waals surface area contributed by atoms with Crippen LogP contribution in [0.2, 0.25) is 0 Å². The normalized spacial score (nSPS) is 16.0. The van der Waals surface area contributed by atoms with E-state index in [9.17, 15) is 9.59 Å². The van der Waals surface area contributed by atoms with Crippen molar-refractivity contribution in [1.82, 2.24) is 4.90 Å². The smallest absolute Gasteiger partial charge is 0.279 e. The van der Waals surface area contributed by atoms with Gasteiger partial charge in [-0.05, 0) is 30.5 Å². The summed E-state index contributed by atoms with van der Waals surface area (Å²) in [6, 6.07) is 12.0.